The van der Waals surface area contributed by atoms with Crippen molar-refractivity contribution in [1.82, 2.24) is 14.6 Å². The lowest BCUT2D eigenvalue weighted by Crippen LogP contribution is -2.40. The Morgan fingerprint density at radius 3 is 2.62 bits per heavy atom. The van der Waals surface area contributed by atoms with Crippen LogP contribution in [0.5, 0.6) is 0 Å². The van der Waals surface area contributed by atoms with Gasteiger partial charge in [0.25, 0.3) is 0 Å². The predicted molar refractivity (Wildman–Crippen MR) is 73.5 cm³/mol. The van der Waals surface area contributed by atoms with Gasteiger partial charge >= 0.3 is 16.9 Å². The van der Waals surface area contributed by atoms with Crippen LogP contribution in [0.3, 0.4) is 0 Å². The normalized spacial score (nSPS) is 10.4. The van der Waals surface area contributed by atoms with Gasteiger partial charge in [-0.15, -0.1) is 0 Å². The van der Waals surface area contributed by atoms with Crippen molar-refractivity contribution in [2.24, 2.45) is 5.84 Å². The molecule has 1 amide bonds. The first-order valence-electron chi connectivity index (χ1n) is 6.40. The smallest absolute Gasteiger partial charge is 0.294 e. The zero-order valence-corrected chi connectivity index (χ0v) is 11.6. The fourth-order valence-electron chi connectivity index (χ4n) is 1.83. The molecule has 0 radical (unpaired) electrons. The maximum atomic E-state index is 12.1. The van der Waals surface area contributed by atoms with Gasteiger partial charge in [0.2, 0.25) is 5.91 Å². The number of amides is 1. The minimum atomic E-state index is -0.967. The summed E-state index contributed by atoms with van der Waals surface area (Å²) in [6, 6.07) is 0. The summed E-state index contributed by atoms with van der Waals surface area (Å²) in [5, 5.41) is 10.9. The molecule has 0 aromatic carbocycles. The largest absolute Gasteiger partial charge is 0.350 e. The third kappa shape index (κ3) is 3.99. The highest BCUT2D eigenvalue weighted by Gasteiger charge is 2.19. The second-order valence-electron chi connectivity index (χ2n) is 4.38. The Bertz CT molecular complexity index is 647. The molecule has 0 aliphatic rings. The van der Waals surface area contributed by atoms with Crippen molar-refractivity contribution < 1.29 is 9.72 Å². The summed E-state index contributed by atoms with van der Waals surface area (Å²) in [6.07, 6.45) is 1.73. The molecule has 1 heterocycles. The number of rotatable bonds is 7. The summed E-state index contributed by atoms with van der Waals surface area (Å²) in [4.78, 5) is 45.0. The van der Waals surface area contributed by atoms with Crippen LogP contribution in [-0.2, 0) is 17.9 Å². The molecular formula is C11H17N5O5. The first kappa shape index (κ1) is 16.6. The van der Waals surface area contributed by atoms with E-state index in [0.29, 0.717) is 6.42 Å². The van der Waals surface area contributed by atoms with E-state index >= 15 is 0 Å². The minimum Gasteiger partial charge on any atom is -0.294 e. The van der Waals surface area contributed by atoms with Gasteiger partial charge in [0.05, 0.1) is 11.1 Å². The molecule has 10 heteroatoms. The van der Waals surface area contributed by atoms with Crippen LogP contribution in [0.1, 0.15) is 26.2 Å². The second kappa shape index (κ2) is 7.33. The first-order chi connectivity index (χ1) is 9.92. The van der Waals surface area contributed by atoms with Crippen molar-refractivity contribution in [3.63, 3.8) is 0 Å². The Kier molecular flexibility index (Phi) is 5.79. The number of hydrogen-bond donors (Lipinski definition) is 2. The summed E-state index contributed by atoms with van der Waals surface area (Å²) in [6.45, 7) is 1.99. The van der Waals surface area contributed by atoms with Gasteiger partial charge in [-0.05, 0) is 12.8 Å². The lowest BCUT2D eigenvalue weighted by molar-refractivity contribution is -0.387. The molecule has 0 saturated carbocycles. The molecule has 0 unspecified atom stereocenters. The number of hydrazine groups is 1. The maximum absolute atomic E-state index is 12.1. The highest BCUT2D eigenvalue weighted by molar-refractivity contribution is 5.75. The van der Waals surface area contributed by atoms with Gasteiger partial charge in [-0.3, -0.25) is 34.3 Å². The monoisotopic (exact) mass is 299 g/mol. The van der Waals surface area contributed by atoms with Crippen molar-refractivity contribution in [2.45, 2.75) is 39.3 Å². The fourth-order valence-corrected chi connectivity index (χ4v) is 1.83. The zero-order valence-electron chi connectivity index (χ0n) is 11.6. The number of nitrogens with one attached hydrogen (secondary N) is 1. The van der Waals surface area contributed by atoms with Crippen LogP contribution in [0.25, 0.3) is 0 Å². The number of aryl methyl sites for hydroxylation is 1. The third-order valence-electron chi connectivity index (χ3n) is 2.83. The molecule has 10 nitrogen and oxygen atoms in total. The number of carbonyl (C=O) groups excluding carboxylic acids is 1. The maximum Gasteiger partial charge on any atom is 0.350 e. The molecule has 3 N–H and O–H groups in total. The lowest BCUT2D eigenvalue weighted by atomic mass is 10.3. The van der Waals surface area contributed by atoms with E-state index in [4.69, 9.17) is 5.84 Å². The molecule has 0 bridgehead atoms. The summed E-state index contributed by atoms with van der Waals surface area (Å²) < 4.78 is 1.90. The van der Waals surface area contributed by atoms with Gasteiger partial charge in [0, 0.05) is 19.5 Å². The third-order valence-corrected chi connectivity index (χ3v) is 2.83. The van der Waals surface area contributed by atoms with Gasteiger partial charge in [-0.25, -0.2) is 10.6 Å². The van der Waals surface area contributed by atoms with Gasteiger partial charge in [-0.2, -0.15) is 0 Å². The van der Waals surface area contributed by atoms with Crippen LogP contribution in [-0.4, -0.2) is 20.0 Å². The van der Waals surface area contributed by atoms with E-state index in [2.05, 4.69) is 0 Å². The molecule has 116 valence electrons. The average Bonchev–Trinajstić information content (AvgIpc) is 2.44. The summed E-state index contributed by atoms with van der Waals surface area (Å²) in [7, 11) is 0. The zero-order chi connectivity index (χ0) is 16.0. The lowest BCUT2D eigenvalue weighted by Gasteiger charge is -2.09. The molecular weight excluding hydrogens is 282 g/mol. The number of nitrogens with two attached hydrogens (primary N) is 1. The Hall–Kier alpha value is -2.49. The highest BCUT2D eigenvalue weighted by atomic mass is 16.6. The molecule has 1 aromatic rings. The predicted octanol–water partition coefficient (Wildman–Crippen LogP) is -0.902. The van der Waals surface area contributed by atoms with Crippen molar-refractivity contribution in [1.29, 1.82) is 0 Å². The molecule has 1 rings (SSSR count). The Morgan fingerprint density at radius 2 is 2.10 bits per heavy atom. The summed E-state index contributed by atoms with van der Waals surface area (Å²) in [5.74, 6) is 4.47. The van der Waals surface area contributed by atoms with Crippen LogP contribution in [0.2, 0.25) is 0 Å². The van der Waals surface area contributed by atoms with Gasteiger partial charge in [-0.1, -0.05) is 6.92 Å². The highest BCUT2D eigenvalue weighted by Crippen LogP contribution is 2.02. The summed E-state index contributed by atoms with van der Waals surface area (Å²) >= 11 is 0. The summed E-state index contributed by atoms with van der Waals surface area (Å²) in [5.41, 5.74) is -0.328. The minimum absolute atomic E-state index is 0.0127. The molecule has 0 aliphatic heterocycles. The standard InChI is InChI=1S/C11H17N5O5/c1-2-5-14-7-8(16(20)21)10(18)15(11(14)19)6-3-4-9(17)13-12/h7H,2-6,12H2,1H3,(H,13,17). The van der Waals surface area contributed by atoms with E-state index < -0.39 is 27.8 Å². The van der Waals surface area contributed by atoms with E-state index in [1.54, 1.807) is 6.92 Å². The van der Waals surface area contributed by atoms with Crippen molar-refractivity contribution >= 4 is 11.6 Å². The number of aromatic nitrogens is 2. The molecule has 1 aromatic heterocycles. The number of hydrogen-bond acceptors (Lipinski definition) is 6. The van der Waals surface area contributed by atoms with E-state index in [1.807, 2.05) is 5.43 Å². The molecule has 0 aliphatic carbocycles. The fraction of sp³-hybridized carbons (Fsp3) is 0.545. The molecule has 0 atom stereocenters. The van der Waals surface area contributed by atoms with Gasteiger partial charge in [0.1, 0.15) is 0 Å². The Balaban J connectivity index is 3.16. The van der Waals surface area contributed by atoms with E-state index in [0.717, 1.165) is 15.3 Å². The number of nitrogens with zero attached hydrogens (tertiary/aromatic N) is 3. The van der Waals surface area contributed by atoms with Crippen molar-refractivity contribution in [3.05, 3.63) is 37.1 Å². The van der Waals surface area contributed by atoms with Crippen molar-refractivity contribution in [3.8, 4) is 0 Å². The number of nitro groups is 1. The Morgan fingerprint density at radius 1 is 1.43 bits per heavy atom. The van der Waals surface area contributed by atoms with Crippen LogP contribution in [0.4, 0.5) is 5.69 Å². The van der Waals surface area contributed by atoms with Crippen LogP contribution < -0.4 is 22.5 Å². The van der Waals surface area contributed by atoms with Crippen LogP contribution in [0, 0.1) is 10.1 Å². The van der Waals surface area contributed by atoms with Crippen LogP contribution in [0.15, 0.2) is 15.8 Å². The van der Waals surface area contributed by atoms with E-state index in [1.165, 1.54) is 0 Å². The Labute approximate surface area is 119 Å². The van der Waals surface area contributed by atoms with E-state index in [9.17, 15) is 24.5 Å². The van der Waals surface area contributed by atoms with Crippen LogP contribution >= 0.6 is 0 Å². The van der Waals surface area contributed by atoms with Crippen molar-refractivity contribution in [2.75, 3.05) is 0 Å². The van der Waals surface area contributed by atoms with Gasteiger partial charge in [0.15, 0.2) is 0 Å². The molecule has 0 saturated heterocycles. The first-order valence-corrected chi connectivity index (χ1v) is 6.40. The molecule has 0 spiro atoms. The molecule has 21 heavy (non-hydrogen) atoms. The van der Waals surface area contributed by atoms with Gasteiger partial charge < -0.3 is 0 Å². The molecule has 0 fully saturated rings. The average molecular weight is 299 g/mol. The second-order valence-corrected chi connectivity index (χ2v) is 4.38. The quantitative estimate of drug-likeness (QED) is 0.289. The van der Waals surface area contributed by atoms with E-state index in [-0.39, 0.29) is 25.9 Å². The number of carbonyl (C=O) groups is 1. The SMILES string of the molecule is CCCn1cc([N+](=O)[O-])c(=O)n(CCCC(=O)NN)c1=O. The topological polar surface area (TPSA) is 142 Å².